The first-order chi connectivity index (χ1) is 8.11. The number of nitrogens with one attached hydrogen (secondary N) is 1. The monoisotopic (exact) mass is 265 g/mol. The van der Waals surface area contributed by atoms with Crippen LogP contribution < -0.4 is 5.56 Å². The van der Waals surface area contributed by atoms with Crippen LogP contribution in [0.1, 0.15) is 5.56 Å². The van der Waals surface area contributed by atoms with Crippen molar-refractivity contribution in [2.75, 3.05) is 0 Å². The summed E-state index contributed by atoms with van der Waals surface area (Å²) < 4.78 is 0. The number of aromatic nitrogens is 2. The van der Waals surface area contributed by atoms with Crippen LogP contribution in [0.15, 0.2) is 29.1 Å². The Labute approximate surface area is 106 Å². The van der Waals surface area contributed by atoms with Crippen LogP contribution >= 0.6 is 23.2 Å². The third-order valence-electron chi connectivity index (χ3n) is 2.12. The van der Waals surface area contributed by atoms with Crippen LogP contribution in [-0.2, 0) is 0 Å². The largest absolute Gasteiger partial charge is 0.268 e. The number of nitriles is 1. The highest BCUT2D eigenvalue weighted by atomic mass is 35.5. The number of halogens is 2. The number of H-pyrrole nitrogens is 1. The van der Waals surface area contributed by atoms with E-state index in [-0.39, 0.29) is 5.56 Å². The molecule has 0 aliphatic carbocycles. The predicted molar refractivity (Wildman–Crippen MR) is 65.0 cm³/mol. The highest BCUT2D eigenvalue weighted by Crippen LogP contribution is 2.29. The molecule has 84 valence electrons. The van der Waals surface area contributed by atoms with Gasteiger partial charge in [-0.05, 0) is 18.2 Å². The lowest BCUT2D eigenvalue weighted by Crippen LogP contribution is -2.09. The molecule has 1 aromatic heterocycles. The smallest absolute Gasteiger partial charge is 0.265 e. The molecule has 4 nitrogen and oxygen atoms in total. The van der Waals surface area contributed by atoms with E-state index in [0.29, 0.717) is 21.3 Å². The van der Waals surface area contributed by atoms with Gasteiger partial charge in [0.1, 0.15) is 11.8 Å². The van der Waals surface area contributed by atoms with Gasteiger partial charge in [0.25, 0.3) is 5.56 Å². The zero-order valence-corrected chi connectivity index (χ0v) is 9.88. The highest BCUT2D eigenvalue weighted by molar-refractivity contribution is 6.36. The number of rotatable bonds is 1. The number of benzene rings is 1. The van der Waals surface area contributed by atoms with E-state index >= 15 is 0 Å². The summed E-state index contributed by atoms with van der Waals surface area (Å²) in [6.45, 7) is 0. The second-order valence-electron chi connectivity index (χ2n) is 3.23. The van der Waals surface area contributed by atoms with Crippen molar-refractivity contribution in [3.8, 4) is 17.3 Å². The topological polar surface area (TPSA) is 69.5 Å². The zero-order chi connectivity index (χ0) is 12.4. The van der Waals surface area contributed by atoms with Crippen molar-refractivity contribution in [3.63, 3.8) is 0 Å². The molecule has 0 unspecified atom stereocenters. The van der Waals surface area contributed by atoms with Gasteiger partial charge in [-0.25, -0.2) is 5.10 Å². The number of hydrogen-bond acceptors (Lipinski definition) is 3. The Balaban J connectivity index is 2.69. The third-order valence-corrected chi connectivity index (χ3v) is 2.66. The average Bonchev–Trinajstić information content (AvgIpc) is 2.30. The standard InChI is InChI=1S/C11H5Cl2N3O/c12-7-1-2-8(9(13)4-7)11-6(5-14)3-10(17)15-16-11/h1-4H,(H,15,17). The van der Waals surface area contributed by atoms with Crippen molar-refractivity contribution < 1.29 is 0 Å². The molecule has 0 saturated heterocycles. The van der Waals surface area contributed by atoms with E-state index in [1.54, 1.807) is 18.2 Å². The number of nitrogens with zero attached hydrogens (tertiary/aromatic N) is 2. The van der Waals surface area contributed by atoms with Gasteiger partial charge in [-0.15, -0.1) is 0 Å². The Kier molecular flexibility index (Phi) is 3.14. The summed E-state index contributed by atoms with van der Waals surface area (Å²) in [5.41, 5.74) is 0.603. The van der Waals surface area contributed by atoms with Crippen molar-refractivity contribution in [3.05, 3.63) is 50.2 Å². The molecule has 0 bridgehead atoms. The Morgan fingerprint density at radius 3 is 2.71 bits per heavy atom. The second kappa shape index (κ2) is 4.58. The van der Waals surface area contributed by atoms with Gasteiger partial charge < -0.3 is 0 Å². The molecule has 0 spiro atoms. The predicted octanol–water partition coefficient (Wildman–Crippen LogP) is 2.62. The normalized spacial score (nSPS) is 9.94. The van der Waals surface area contributed by atoms with Crippen molar-refractivity contribution in [2.45, 2.75) is 0 Å². The molecule has 1 aromatic carbocycles. The maximum Gasteiger partial charge on any atom is 0.265 e. The molecular formula is C11H5Cl2N3O. The minimum atomic E-state index is -0.435. The van der Waals surface area contributed by atoms with Gasteiger partial charge in [-0.1, -0.05) is 23.2 Å². The Bertz CT molecular complexity index is 673. The molecule has 0 fully saturated rings. The summed E-state index contributed by atoms with van der Waals surface area (Å²) in [5.74, 6) is 0. The van der Waals surface area contributed by atoms with E-state index in [0.717, 1.165) is 0 Å². The summed E-state index contributed by atoms with van der Waals surface area (Å²) in [6, 6.07) is 7.91. The summed E-state index contributed by atoms with van der Waals surface area (Å²) in [5, 5.41) is 15.9. The lowest BCUT2D eigenvalue weighted by atomic mass is 10.1. The molecule has 6 heteroatoms. The number of hydrogen-bond donors (Lipinski definition) is 1. The van der Waals surface area contributed by atoms with E-state index < -0.39 is 5.56 Å². The minimum Gasteiger partial charge on any atom is -0.268 e. The number of aromatic amines is 1. The van der Waals surface area contributed by atoms with Crippen LogP contribution in [0.3, 0.4) is 0 Å². The van der Waals surface area contributed by atoms with Crippen LogP contribution in [0.4, 0.5) is 0 Å². The molecule has 0 saturated carbocycles. The van der Waals surface area contributed by atoms with Gasteiger partial charge in [0.2, 0.25) is 0 Å². The minimum absolute atomic E-state index is 0.165. The van der Waals surface area contributed by atoms with E-state index in [1.807, 2.05) is 6.07 Å². The van der Waals surface area contributed by atoms with Crippen LogP contribution in [-0.4, -0.2) is 10.2 Å². The first-order valence-corrected chi connectivity index (χ1v) is 5.32. The SMILES string of the molecule is N#Cc1cc(=O)[nH]nc1-c1ccc(Cl)cc1Cl. The molecule has 2 aromatic rings. The van der Waals surface area contributed by atoms with Gasteiger partial charge >= 0.3 is 0 Å². The molecular weight excluding hydrogens is 261 g/mol. The highest BCUT2D eigenvalue weighted by Gasteiger charge is 2.11. The van der Waals surface area contributed by atoms with Gasteiger partial charge in [0.05, 0.1) is 10.6 Å². The van der Waals surface area contributed by atoms with Crippen molar-refractivity contribution in [1.82, 2.24) is 10.2 Å². The summed E-state index contributed by atoms with van der Waals surface area (Å²) in [4.78, 5) is 11.0. The molecule has 17 heavy (non-hydrogen) atoms. The molecule has 0 aliphatic rings. The molecule has 0 radical (unpaired) electrons. The van der Waals surface area contributed by atoms with Gasteiger partial charge in [0.15, 0.2) is 0 Å². The Morgan fingerprint density at radius 2 is 2.06 bits per heavy atom. The zero-order valence-electron chi connectivity index (χ0n) is 8.37. The Morgan fingerprint density at radius 1 is 1.29 bits per heavy atom. The van der Waals surface area contributed by atoms with Gasteiger partial charge in [0, 0.05) is 16.7 Å². The molecule has 1 heterocycles. The van der Waals surface area contributed by atoms with E-state index in [9.17, 15) is 4.79 Å². The molecule has 0 aliphatic heterocycles. The van der Waals surface area contributed by atoms with Gasteiger partial charge in [-0.2, -0.15) is 10.4 Å². The lowest BCUT2D eigenvalue weighted by molar-refractivity contribution is 0.990. The Hall–Kier alpha value is -1.83. The first kappa shape index (κ1) is 11.6. The average molecular weight is 266 g/mol. The fraction of sp³-hybridized carbons (Fsp3) is 0. The molecule has 0 atom stereocenters. The lowest BCUT2D eigenvalue weighted by Gasteiger charge is -2.04. The molecule has 0 amide bonds. The fourth-order valence-corrected chi connectivity index (χ4v) is 1.87. The molecule has 2 rings (SSSR count). The summed E-state index contributed by atoms with van der Waals surface area (Å²) >= 11 is 11.8. The van der Waals surface area contributed by atoms with Crippen molar-refractivity contribution in [2.24, 2.45) is 0 Å². The van der Waals surface area contributed by atoms with Crippen LogP contribution in [0.2, 0.25) is 10.0 Å². The van der Waals surface area contributed by atoms with Crippen LogP contribution in [0.25, 0.3) is 11.3 Å². The maximum absolute atomic E-state index is 11.0. The fourth-order valence-electron chi connectivity index (χ4n) is 1.38. The van der Waals surface area contributed by atoms with Crippen molar-refractivity contribution in [1.29, 1.82) is 5.26 Å². The summed E-state index contributed by atoms with van der Waals surface area (Å²) in [7, 11) is 0. The van der Waals surface area contributed by atoms with E-state index in [1.165, 1.54) is 6.07 Å². The van der Waals surface area contributed by atoms with Gasteiger partial charge in [-0.3, -0.25) is 4.79 Å². The van der Waals surface area contributed by atoms with E-state index in [4.69, 9.17) is 28.5 Å². The van der Waals surface area contributed by atoms with E-state index in [2.05, 4.69) is 10.2 Å². The second-order valence-corrected chi connectivity index (χ2v) is 4.07. The first-order valence-electron chi connectivity index (χ1n) is 4.57. The third kappa shape index (κ3) is 2.31. The maximum atomic E-state index is 11.0. The molecule has 1 N–H and O–H groups in total. The quantitative estimate of drug-likeness (QED) is 0.862. The van der Waals surface area contributed by atoms with Crippen molar-refractivity contribution >= 4 is 23.2 Å². The summed E-state index contributed by atoms with van der Waals surface area (Å²) in [6.07, 6.45) is 0. The van der Waals surface area contributed by atoms with Crippen LogP contribution in [0.5, 0.6) is 0 Å². The van der Waals surface area contributed by atoms with Crippen LogP contribution in [0, 0.1) is 11.3 Å².